The molecule has 1 heterocycles. The number of furan rings is 1. The highest BCUT2D eigenvalue weighted by molar-refractivity contribution is 6.09. The van der Waals surface area contributed by atoms with E-state index in [1.807, 2.05) is 12.1 Å². The number of para-hydroxylation sites is 3. The van der Waals surface area contributed by atoms with Gasteiger partial charge in [-0.3, -0.25) is 0 Å². The van der Waals surface area contributed by atoms with Crippen LogP contribution >= 0.6 is 0 Å². The molecule has 1 aliphatic carbocycles. The molecular weight excluding hydrogens is 619 g/mol. The molecule has 2 heteroatoms. The van der Waals surface area contributed by atoms with Gasteiger partial charge in [-0.25, -0.2) is 0 Å². The van der Waals surface area contributed by atoms with Gasteiger partial charge >= 0.3 is 0 Å². The van der Waals surface area contributed by atoms with Crippen LogP contribution in [0.1, 0.15) is 22.3 Å². The largest absolute Gasteiger partial charge is 0.455 e. The first-order valence-electron chi connectivity index (χ1n) is 17.5. The van der Waals surface area contributed by atoms with Crippen LogP contribution in [-0.2, 0) is 5.41 Å². The van der Waals surface area contributed by atoms with Crippen molar-refractivity contribution in [2.75, 3.05) is 4.90 Å². The SMILES string of the molecule is c1ccc(N(c2ccc(-c3cccc4c3oc3ccccc34)cc2)c2ccc(C3(c4ccccc4)c4ccccc4-c4ccccc43)cc2)cc1. The first-order valence-corrected chi connectivity index (χ1v) is 17.5. The van der Waals surface area contributed by atoms with Crippen LogP contribution < -0.4 is 4.90 Å². The fourth-order valence-corrected chi connectivity index (χ4v) is 8.36. The molecule has 1 aliphatic rings. The van der Waals surface area contributed by atoms with Gasteiger partial charge in [-0.15, -0.1) is 0 Å². The van der Waals surface area contributed by atoms with Crippen LogP contribution in [0.15, 0.2) is 205 Å². The summed E-state index contributed by atoms with van der Waals surface area (Å²) < 4.78 is 6.38. The quantitative estimate of drug-likeness (QED) is 0.178. The maximum Gasteiger partial charge on any atom is 0.143 e. The Labute approximate surface area is 297 Å². The lowest BCUT2D eigenvalue weighted by Crippen LogP contribution is -2.28. The fraction of sp³-hybridized carbons (Fsp3) is 0.0204. The minimum Gasteiger partial charge on any atom is -0.455 e. The molecule has 0 fully saturated rings. The van der Waals surface area contributed by atoms with Gasteiger partial charge in [0, 0.05) is 33.4 Å². The van der Waals surface area contributed by atoms with E-state index in [1.54, 1.807) is 0 Å². The van der Waals surface area contributed by atoms with E-state index in [4.69, 9.17) is 4.42 Å². The van der Waals surface area contributed by atoms with E-state index < -0.39 is 5.41 Å². The predicted molar refractivity (Wildman–Crippen MR) is 211 cm³/mol. The summed E-state index contributed by atoms with van der Waals surface area (Å²) in [5.41, 5.74) is 14.7. The number of hydrogen-bond donors (Lipinski definition) is 0. The highest BCUT2D eigenvalue weighted by atomic mass is 16.3. The number of nitrogens with zero attached hydrogens (tertiary/aromatic N) is 1. The smallest absolute Gasteiger partial charge is 0.143 e. The molecule has 10 rings (SSSR count). The zero-order valence-corrected chi connectivity index (χ0v) is 27.9. The van der Waals surface area contributed by atoms with Crippen LogP contribution in [0.2, 0.25) is 0 Å². The zero-order valence-electron chi connectivity index (χ0n) is 27.9. The van der Waals surface area contributed by atoms with Crippen molar-refractivity contribution in [3.8, 4) is 22.3 Å². The third-order valence-corrected chi connectivity index (χ3v) is 10.6. The second kappa shape index (κ2) is 11.8. The van der Waals surface area contributed by atoms with E-state index in [0.29, 0.717) is 0 Å². The van der Waals surface area contributed by atoms with Gasteiger partial charge in [0.25, 0.3) is 0 Å². The zero-order chi connectivity index (χ0) is 33.8. The Morgan fingerprint density at radius 1 is 0.353 bits per heavy atom. The van der Waals surface area contributed by atoms with E-state index >= 15 is 0 Å². The lowest BCUT2D eigenvalue weighted by Gasteiger charge is -2.34. The standard InChI is InChI=1S/C49H33NO/c1-3-14-35(15-4-1)49(45-23-10-7-18-41(45)42-19-8-11-24-46(42)49)36-28-32-39(33-29-36)50(37-16-5-2-6-17-37)38-30-26-34(27-31-38)40-21-13-22-44-43-20-9-12-25-47(43)51-48(40)44/h1-33H. The summed E-state index contributed by atoms with van der Waals surface area (Å²) in [6.45, 7) is 0. The third-order valence-electron chi connectivity index (χ3n) is 10.6. The molecule has 0 N–H and O–H groups in total. The summed E-state index contributed by atoms with van der Waals surface area (Å²) in [5, 5.41) is 2.28. The average molecular weight is 652 g/mol. The van der Waals surface area contributed by atoms with Gasteiger partial charge in [-0.1, -0.05) is 158 Å². The molecule has 9 aromatic rings. The molecule has 0 radical (unpaired) electrons. The van der Waals surface area contributed by atoms with Gasteiger partial charge in [-0.05, 0) is 81.4 Å². The van der Waals surface area contributed by atoms with Crippen LogP contribution in [0, 0.1) is 0 Å². The van der Waals surface area contributed by atoms with E-state index in [9.17, 15) is 0 Å². The Balaban J connectivity index is 1.09. The van der Waals surface area contributed by atoms with Crippen molar-refractivity contribution >= 4 is 39.0 Å². The Kier molecular flexibility index (Phi) is 6.75. The molecule has 0 saturated heterocycles. The fourth-order valence-electron chi connectivity index (χ4n) is 8.36. The second-order valence-corrected chi connectivity index (χ2v) is 13.3. The third kappa shape index (κ3) is 4.50. The molecule has 0 bridgehead atoms. The summed E-state index contributed by atoms with van der Waals surface area (Å²) in [7, 11) is 0. The Bertz CT molecular complexity index is 2630. The first kappa shape index (κ1) is 29.3. The van der Waals surface area contributed by atoms with Crippen LogP contribution in [0.25, 0.3) is 44.2 Å². The Morgan fingerprint density at radius 3 is 1.53 bits per heavy atom. The number of rotatable bonds is 6. The summed E-state index contributed by atoms with van der Waals surface area (Å²) >= 11 is 0. The maximum atomic E-state index is 6.38. The molecule has 0 amide bonds. The van der Waals surface area contributed by atoms with Crippen molar-refractivity contribution < 1.29 is 4.42 Å². The van der Waals surface area contributed by atoms with Gasteiger partial charge in [0.15, 0.2) is 0 Å². The van der Waals surface area contributed by atoms with Crippen molar-refractivity contribution in [1.29, 1.82) is 0 Å². The lowest BCUT2D eigenvalue weighted by molar-refractivity contribution is 0.670. The van der Waals surface area contributed by atoms with Crippen molar-refractivity contribution in [1.82, 2.24) is 0 Å². The molecule has 0 unspecified atom stereocenters. The molecule has 0 aliphatic heterocycles. The summed E-state index contributed by atoms with van der Waals surface area (Å²) in [4.78, 5) is 2.33. The highest BCUT2D eigenvalue weighted by Gasteiger charge is 2.45. The molecule has 0 saturated carbocycles. The van der Waals surface area contributed by atoms with Gasteiger partial charge in [0.05, 0.1) is 5.41 Å². The average Bonchev–Trinajstić information content (AvgIpc) is 3.74. The van der Waals surface area contributed by atoms with Gasteiger partial charge in [0.2, 0.25) is 0 Å². The molecular formula is C49H33NO. The number of benzene rings is 8. The lowest BCUT2D eigenvalue weighted by atomic mass is 9.68. The molecule has 51 heavy (non-hydrogen) atoms. The van der Waals surface area contributed by atoms with Gasteiger partial charge in [-0.2, -0.15) is 0 Å². The van der Waals surface area contributed by atoms with E-state index in [0.717, 1.165) is 50.1 Å². The summed E-state index contributed by atoms with van der Waals surface area (Å²) in [6.07, 6.45) is 0. The van der Waals surface area contributed by atoms with Crippen LogP contribution in [0.5, 0.6) is 0 Å². The molecule has 240 valence electrons. The second-order valence-electron chi connectivity index (χ2n) is 13.3. The number of fused-ring (bicyclic) bond motifs is 6. The molecule has 1 aromatic heterocycles. The monoisotopic (exact) mass is 651 g/mol. The van der Waals surface area contributed by atoms with Crippen molar-refractivity contribution in [2.45, 2.75) is 5.41 Å². The van der Waals surface area contributed by atoms with Crippen LogP contribution in [-0.4, -0.2) is 0 Å². The van der Waals surface area contributed by atoms with Crippen molar-refractivity contribution in [3.63, 3.8) is 0 Å². The summed E-state index contributed by atoms with van der Waals surface area (Å²) in [6, 6.07) is 72.1. The van der Waals surface area contributed by atoms with E-state index in [-0.39, 0.29) is 0 Å². The molecule has 0 spiro atoms. The van der Waals surface area contributed by atoms with E-state index in [2.05, 4.69) is 193 Å². The maximum absolute atomic E-state index is 6.38. The van der Waals surface area contributed by atoms with Crippen molar-refractivity contribution in [3.05, 3.63) is 222 Å². The van der Waals surface area contributed by atoms with Crippen LogP contribution in [0.4, 0.5) is 17.1 Å². The summed E-state index contributed by atoms with van der Waals surface area (Å²) in [5.74, 6) is 0. The molecule has 2 nitrogen and oxygen atoms in total. The minimum absolute atomic E-state index is 0.427. The molecule has 8 aromatic carbocycles. The van der Waals surface area contributed by atoms with Gasteiger partial charge in [0.1, 0.15) is 11.2 Å². The van der Waals surface area contributed by atoms with E-state index in [1.165, 1.54) is 33.4 Å². The topological polar surface area (TPSA) is 16.4 Å². The van der Waals surface area contributed by atoms with Crippen molar-refractivity contribution in [2.24, 2.45) is 0 Å². The number of hydrogen-bond acceptors (Lipinski definition) is 2. The minimum atomic E-state index is -0.427. The normalized spacial score (nSPS) is 12.9. The Morgan fingerprint density at radius 2 is 0.843 bits per heavy atom. The number of anilines is 3. The first-order chi connectivity index (χ1) is 25.3. The predicted octanol–water partition coefficient (Wildman–Crippen LogP) is 13.1. The van der Waals surface area contributed by atoms with Crippen LogP contribution in [0.3, 0.4) is 0 Å². The van der Waals surface area contributed by atoms with Gasteiger partial charge < -0.3 is 9.32 Å². The molecule has 0 atom stereocenters. The highest BCUT2D eigenvalue weighted by Crippen LogP contribution is 2.56. The Hall–Kier alpha value is -6.64.